The Morgan fingerprint density at radius 2 is 1.70 bits per heavy atom. The number of ether oxygens (including phenoxy) is 1. The molecule has 0 saturated carbocycles. The van der Waals surface area contributed by atoms with Crippen LogP contribution in [0.3, 0.4) is 0 Å². The maximum atomic E-state index is 13.0. The minimum absolute atomic E-state index is 0.0292. The van der Waals surface area contributed by atoms with Gasteiger partial charge in [-0.3, -0.25) is 9.59 Å². The van der Waals surface area contributed by atoms with E-state index in [9.17, 15) is 14.0 Å². The van der Waals surface area contributed by atoms with Crippen LogP contribution in [0.1, 0.15) is 28.8 Å². The zero-order chi connectivity index (χ0) is 19.2. The lowest BCUT2D eigenvalue weighted by Gasteiger charge is -2.32. The summed E-state index contributed by atoms with van der Waals surface area (Å²) >= 11 is 0. The molecule has 0 radical (unpaired) electrons. The summed E-state index contributed by atoms with van der Waals surface area (Å²) in [6.45, 7) is 1.21. The smallest absolute Gasteiger partial charge is 0.251 e. The maximum absolute atomic E-state index is 13.0. The van der Waals surface area contributed by atoms with Gasteiger partial charge in [0, 0.05) is 24.7 Å². The average Bonchev–Trinajstić information content (AvgIpc) is 2.70. The second-order valence-electron chi connectivity index (χ2n) is 6.66. The summed E-state index contributed by atoms with van der Waals surface area (Å²) in [7, 11) is 1.58. The van der Waals surface area contributed by atoms with Gasteiger partial charge in [0.1, 0.15) is 11.6 Å². The molecule has 27 heavy (non-hydrogen) atoms. The standard InChI is InChI=1S/C21H23FN2O3/c1-27-19-8-4-16(5-9-19)21(26)23-18-10-12-24(13-11-18)20(25)14-15-2-6-17(22)7-3-15/h2-9,18H,10-14H2,1H3,(H,23,26). The molecule has 1 fully saturated rings. The number of piperidine rings is 1. The van der Waals surface area contributed by atoms with Gasteiger partial charge in [0.05, 0.1) is 13.5 Å². The first-order valence-electron chi connectivity index (χ1n) is 9.02. The monoisotopic (exact) mass is 370 g/mol. The van der Waals surface area contributed by atoms with Crippen LogP contribution in [-0.2, 0) is 11.2 Å². The van der Waals surface area contributed by atoms with E-state index in [2.05, 4.69) is 5.32 Å². The molecular weight excluding hydrogens is 347 g/mol. The van der Waals surface area contributed by atoms with Crippen LogP contribution in [0.2, 0.25) is 0 Å². The van der Waals surface area contributed by atoms with E-state index in [-0.39, 0.29) is 30.1 Å². The highest BCUT2D eigenvalue weighted by atomic mass is 19.1. The second kappa shape index (κ2) is 8.66. The third-order valence-corrected chi connectivity index (χ3v) is 4.80. The molecule has 1 heterocycles. The molecule has 2 aromatic carbocycles. The van der Waals surface area contributed by atoms with Crippen LogP contribution in [-0.4, -0.2) is 43.0 Å². The van der Waals surface area contributed by atoms with Gasteiger partial charge in [0.2, 0.25) is 5.91 Å². The third kappa shape index (κ3) is 5.06. The van der Waals surface area contributed by atoms with Crippen molar-refractivity contribution in [3.05, 3.63) is 65.5 Å². The third-order valence-electron chi connectivity index (χ3n) is 4.80. The summed E-state index contributed by atoms with van der Waals surface area (Å²) in [4.78, 5) is 26.5. The lowest BCUT2D eigenvalue weighted by molar-refractivity contribution is -0.131. The number of carbonyl (C=O) groups is 2. The van der Waals surface area contributed by atoms with Crippen LogP contribution in [0.4, 0.5) is 4.39 Å². The van der Waals surface area contributed by atoms with E-state index in [4.69, 9.17) is 4.74 Å². The summed E-state index contributed by atoms with van der Waals surface area (Å²) in [5.74, 6) is 0.314. The van der Waals surface area contributed by atoms with Gasteiger partial charge in [-0.2, -0.15) is 0 Å². The van der Waals surface area contributed by atoms with Gasteiger partial charge in [-0.05, 0) is 54.8 Å². The summed E-state index contributed by atoms with van der Waals surface area (Å²) in [6, 6.07) is 13.0. The number of halogens is 1. The van der Waals surface area contributed by atoms with Crippen molar-refractivity contribution >= 4 is 11.8 Å². The zero-order valence-electron chi connectivity index (χ0n) is 15.3. The van der Waals surface area contributed by atoms with Crippen LogP contribution in [0, 0.1) is 5.82 Å². The molecule has 0 aliphatic carbocycles. The number of carbonyl (C=O) groups excluding carboxylic acids is 2. The Labute approximate surface area is 158 Å². The predicted octanol–water partition coefficient (Wildman–Crippen LogP) is 2.80. The molecule has 142 valence electrons. The Morgan fingerprint density at radius 3 is 2.30 bits per heavy atom. The fourth-order valence-corrected chi connectivity index (χ4v) is 3.17. The van der Waals surface area contributed by atoms with Gasteiger partial charge in [-0.1, -0.05) is 12.1 Å². The number of nitrogens with one attached hydrogen (secondary N) is 1. The van der Waals surface area contributed by atoms with Gasteiger partial charge in [-0.15, -0.1) is 0 Å². The minimum atomic E-state index is -0.306. The Kier molecular flexibility index (Phi) is 6.06. The topological polar surface area (TPSA) is 58.6 Å². The lowest BCUT2D eigenvalue weighted by atomic mass is 10.0. The van der Waals surface area contributed by atoms with E-state index in [1.165, 1.54) is 12.1 Å². The Hall–Kier alpha value is -2.89. The number of likely N-dealkylation sites (tertiary alicyclic amines) is 1. The van der Waals surface area contributed by atoms with Crippen molar-refractivity contribution in [2.75, 3.05) is 20.2 Å². The quantitative estimate of drug-likeness (QED) is 0.881. The van der Waals surface area contributed by atoms with Gasteiger partial charge >= 0.3 is 0 Å². The molecule has 6 heteroatoms. The van der Waals surface area contributed by atoms with Crippen LogP contribution in [0.15, 0.2) is 48.5 Å². The number of nitrogens with zero attached hydrogens (tertiary/aromatic N) is 1. The molecule has 1 aliphatic rings. The van der Waals surface area contributed by atoms with Gasteiger partial charge in [0.15, 0.2) is 0 Å². The molecule has 0 unspecified atom stereocenters. The van der Waals surface area contributed by atoms with E-state index in [1.807, 2.05) is 0 Å². The molecule has 1 saturated heterocycles. The number of hydrogen-bond donors (Lipinski definition) is 1. The first-order valence-corrected chi connectivity index (χ1v) is 9.02. The van der Waals surface area contributed by atoms with E-state index >= 15 is 0 Å². The van der Waals surface area contributed by atoms with Crippen LogP contribution in [0.25, 0.3) is 0 Å². The normalized spacial score (nSPS) is 14.7. The summed E-state index contributed by atoms with van der Waals surface area (Å²) in [5.41, 5.74) is 1.39. The highest BCUT2D eigenvalue weighted by Gasteiger charge is 2.24. The van der Waals surface area contributed by atoms with Crippen molar-refractivity contribution in [1.82, 2.24) is 10.2 Å². The number of rotatable bonds is 5. The number of amides is 2. The van der Waals surface area contributed by atoms with E-state index in [0.717, 1.165) is 18.4 Å². The first-order chi connectivity index (χ1) is 13.0. The number of hydrogen-bond acceptors (Lipinski definition) is 3. The van der Waals surface area contributed by atoms with Crippen molar-refractivity contribution < 1.29 is 18.7 Å². The zero-order valence-corrected chi connectivity index (χ0v) is 15.3. The molecule has 1 N–H and O–H groups in total. The SMILES string of the molecule is COc1ccc(C(=O)NC2CCN(C(=O)Cc3ccc(F)cc3)CC2)cc1. The fourth-order valence-electron chi connectivity index (χ4n) is 3.17. The molecule has 1 aliphatic heterocycles. The Balaban J connectivity index is 1.47. The van der Waals surface area contributed by atoms with E-state index in [0.29, 0.717) is 24.4 Å². The highest BCUT2D eigenvalue weighted by molar-refractivity contribution is 5.94. The van der Waals surface area contributed by atoms with Crippen molar-refractivity contribution in [3.63, 3.8) is 0 Å². The van der Waals surface area contributed by atoms with E-state index < -0.39 is 0 Å². The van der Waals surface area contributed by atoms with Crippen molar-refractivity contribution in [2.45, 2.75) is 25.3 Å². The molecule has 0 spiro atoms. The molecular formula is C21H23FN2O3. The van der Waals surface area contributed by atoms with Gasteiger partial charge in [-0.25, -0.2) is 4.39 Å². The Bertz CT molecular complexity index is 782. The molecule has 2 aromatic rings. The lowest BCUT2D eigenvalue weighted by Crippen LogP contribution is -2.46. The molecule has 0 bridgehead atoms. The van der Waals surface area contributed by atoms with Gasteiger partial charge < -0.3 is 15.0 Å². The maximum Gasteiger partial charge on any atom is 0.251 e. The summed E-state index contributed by atoms with van der Waals surface area (Å²) < 4.78 is 18.0. The van der Waals surface area contributed by atoms with Gasteiger partial charge in [0.25, 0.3) is 5.91 Å². The molecule has 2 amide bonds. The summed E-state index contributed by atoms with van der Waals surface area (Å²) in [6.07, 6.45) is 1.71. The van der Waals surface area contributed by atoms with Crippen LogP contribution in [0.5, 0.6) is 5.75 Å². The van der Waals surface area contributed by atoms with Crippen molar-refractivity contribution in [3.8, 4) is 5.75 Å². The summed E-state index contributed by atoms with van der Waals surface area (Å²) in [5, 5.41) is 3.03. The minimum Gasteiger partial charge on any atom is -0.497 e. The predicted molar refractivity (Wildman–Crippen MR) is 100 cm³/mol. The van der Waals surface area contributed by atoms with Crippen LogP contribution >= 0.6 is 0 Å². The molecule has 0 atom stereocenters. The average molecular weight is 370 g/mol. The molecule has 3 rings (SSSR count). The second-order valence-corrected chi connectivity index (χ2v) is 6.66. The molecule has 5 nitrogen and oxygen atoms in total. The largest absolute Gasteiger partial charge is 0.497 e. The van der Waals surface area contributed by atoms with Crippen molar-refractivity contribution in [2.24, 2.45) is 0 Å². The highest BCUT2D eigenvalue weighted by Crippen LogP contribution is 2.15. The van der Waals surface area contributed by atoms with E-state index in [1.54, 1.807) is 48.4 Å². The van der Waals surface area contributed by atoms with Crippen molar-refractivity contribution in [1.29, 1.82) is 0 Å². The molecule has 0 aromatic heterocycles. The number of benzene rings is 2. The van der Waals surface area contributed by atoms with Crippen LogP contribution < -0.4 is 10.1 Å². The Morgan fingerprint density at radius 1 is 1.07 bits per heavy atom. The fraction of sp³-hybridized carbons (Fsp3) is 0.333. The number of methoxy groups -OCH3 is 1. The first kappa shape index (κ1) is 18.9.